The van der Waals surface area contributed by atoms with Crippen molar-refractivity contribution in [3.8, 4) is 5.75 Å². The lowest BCUT2D eigenvalue weighted by Crippen LogP contribution is -2.11. The largest absolute Gasteiger partial charge is 0.426 e. The van der Waals surface area contributed by atoms with Crippen LogP contribution in [0.2, 0.25) is 0 Å². The van der Waals surface area contributed by atoms with Crippen molar-refractivity contribution in [2.45, 2.75) is 60.9 Å². The Kier molecular flexibility index (Phi) is 5.81. The molecule has 0 radical (unpaired) electrons. The molecule has 24 heavy (non-hydrogen) atoms. The van der Waals surface area contributed by atoms with Crippen molar-refractivity contribution in [2.24, 2.45) is 5.92 Å². The van der Waals surface area contributed by atoms with Crippen LogP contribution in [0.3, 0.4) is 0 Å². The molecule has 0 N–H and O–H groups in total. The van der Waals surface area contributed by atoms with Gasteiger partial charge in [-0.3, -0.25) is 9.48 Å². The van der Waals surface area contributed by atoms with Crippen LogP contribution in [-0.2, 0) is 17.8 Å². The first-order chi connectivity index (χ1) is 11.3. The lowest BCUT2D eigenvalue weighted by molar-refractivity contribution is -0.134. The second-order valence-corrected chi connectivity index (χ2v) is 6.97. The Morgan fingerprint density at radius 1 is 1.21 bits per heavy atom. The first kappa shape index (κ1) is 18.2. The van der Waals surface area contributed by atoms with Crippen LogP contribution >= 0.6 is 0 Å². The first-order valence-corrected chi connectivity index (χ1v) is 8.58. The molecule has 2 aromatic rings. The van der Waals surface area contributed by atoms with Crippen LogP contribution in [0, 0.1) is 33.6 Å². The van der Waals surface area contributed by atoms with Crippen molar-refractivity contribution in [1.82, 2.24) is 9.78 Å². The van der Waals surface area contributed by atoms with Gasteiger partial charge in [0.25, 0.3) is 0 Å². The van der Waals surface area contributed by atoms with Gasteiger partial charge in [0.1, 0.15) is 5.75 Å². The first-order valence-electron chi connectivity index (χ1n) is 8.58. The van der Waals surface area contributed by atoms with E-state index < -0.39 is 0 Å². The maximum atomic E-state index is 12.2. The molecule has 1 heterocycles. The molecule has 2 rings (SSSR count). The third-order valence-electron chi connectivity index (χ3n) is 4.20. The summed E-state index contributed by atoms with van der Waals surface area (Å²) < 4.78 is 7.55. The predicted octanol–water partition coefficient (Wildman–Crippen LogP) is 4.31. The number of nitrogens with zero attached hydrogens (tertiary/aromatic N) is 2. The van der Waals surface area contributed by atoms with E-state index in [0.29, 0.717) is 24.5 Å². The minimum Gasteiger partial charge on any atom is -0.426 e. The summed E-state index contributed by atoms with van der Waals surface area (Å²) in [6.45, 7) is 13.3. The fourth-order valence-corrected chi connectivity index (χ4v) is 2.93. The van der Waals surface area contributed by atoms with Gasteiger partial charge in [0.05, 0.1) is 12.1 Å². The molecule has 1 aromatic carbocycles. The van der Waals surface area contributed by atoms with Crippen molar-refractivity contribution >= 4 is 5.97 Å². The Balaban J connectivity index is 2.00. The zero-order valence-corrected chi connectivity index (χ0v) is 15.6. The van der Waals surface area contributed by atoms with Gasteiger partial charge in [0.2, 0.25) is 0 Å². The number of carbonyl (C=O) groups is 1. The van der Waals surface area contributed by atoms with Crippen molar-refractivity contribution in [1.29, 1.82) is 0 Å². The number of aromatic nitrogens is 2. The lowest BCUT2D eigenvalue weighted by Gasteiger charge is -2.09. The Morgan fingerprint density at radius 2 is 1.92 bits per heavy atom. The minimum absolute atomic E-state index is 0.197. The van der Waals surface area contributed by atoms with E-state index in [4.69, 9.17) is 4.74 Å². The maximum Gasteiger partial charge on any atom is 0.311 e. The highest BCUT2D eigenvalue weighted by atomic mass is 16.5. The van der Waals surface area contributed by atoms with Crippen molar-refractivity contribution in [3.05, 3.63) is 46.3 Å². The Labute approximate surface area is 144 Å². The molecular weight excluding hydrogens is 300 g/mol. The SMILES string of the molecule is Cc1ccc(OC(=O)CCc2c(C)nn(CC(C)C)c2C)c(C)c1. The van der Waals surface area contributed by atoms with Gasteiger partial charge in [-0.25, -0.2) is 0 Å². The molecule has 0 aliphatic heterocycles. The topological polar surface area (TPSA) is 44.1 Å². The van der Waals surface area contributed by atoms with Gasteiger partial charge in [-0.15, -0.1) is 0 Å². The summed E-state index contributed by atoms with van der Waals surface area (Å²) in [6.07, 6.45) is 1.03. The third kappa shape index (κ3) is 4.47. The van der Waals surface area contributed by atoms with Gasteiger partial charge >= 0.3 is 5.97 Å². The third-order valence-corrected chi connectivity index (χ3v) is 4.20. The quantitative estimate of drug-likeness (QED) is 0.586. The van der Waals surface area contributed by atoms with Gasteiger partial charge < -0.3 is 4.74 Å². The fourth-order valence-electron chi connectivity index (χ4n) is 2.93. The van der Waals surface area contributed by atoms with E-state index in [0.717, 1.165) is 34.6 Å². The standard InChI is InChI=1S/C20H28N2O2/c1-13(2)12-22-17(6)18(16(5)21-22)8-10-20(23)24-19-9-7-14(3)11-15(19)4/h7,9,11,13H,8,10,12H2,1-6H3. The summed E-state index contributed by atoms with van der Waals surface area (Å²) in [5.41, 5.74) is 5.47. The summed E-state index contributed by atoms with van der Waals surface area (Å²) in [7, 11) is 0. The molecule has 0 aliphatic carbocycles. The van der Waals surface area contributed by atoms with E-state index in [1.54, 1.807) is 0 Å². The number of benzene rings is 1. The second kappa shape index (κ2) is 7.65. The van der Waals surface area contributed by atoms with E-state index in [2.05, 4.69) is 25.9 Å². The van der Waals surface area contributed by atoms with Gasteiger partial charge in [-0.05, 0) is 57.2 Å². The molecule has 0 amide bonds. The molecule has 0 fully saturated rings. The maximum absolute atomic E-state index is 12.2. The number of hydrogen-bond donors (Lipinski definition) is 0. The summed E-state index contributed by atoms with van der Waals surface area (Å²) in [4.78, 5) is 12.2. The number of ether oxygens (including phenoxy) is 1. The highest BCUT2D eigenvalue weighted by molar-refractivity contribution is 5.73. The van der Waals surface area contributed by atoms with Gasteiger partial charge in [0.15, 0.2) is 0 Å². The van der Waals surface area contributed by atoms with Crippen molar-refractivity contribution < 1.29 is 9.53 Å². The normalized spacial score (nSPS) is 11.1. The minimum atomic E-state index is -0.197. The van der Waals surface area contributed by atoms with Crippen LogP contribution in [0.5, 0.6) is 5.75 Å². The molecule has 0 spiro atoms. The molecule has 130 valence electrons. The predicted molar refractivity (Wildman–Crippen MR) is 96.4 cm³/mol. The summed E-state index contributed by atoms with van der Waals surface area (Å²) in [6, 6.07) is 5.84. The number of hydrogen-bond acceptors (Lipinski definition) is 3. The van der Waals surface area contributed by atoms with E-state index in [-0.39, 0.29) is 5.97 Å². The smallest absolute Gasteiger partial charge is 0.311 e. The molecule has 0 aliphatic rings. The molecule has 4 heteroatoms. The lowest BCUT2D eigenvalue weighted by atomic mass is 10.1. The Bertz CT molecular complexity index is 729. The van der Waals surface area contributed by atoms with E-state index in [9.17, 15) is 4.79 Å². The van der Waals surface area contributed by atoms with Crippen LogP contribution in [0.4, 0.5) is 0 Å². The zero-order valence-electron chi connectivity index (χ0n) is 15.6. The number of esters is 1. The Hall–Kier alpha value is -2.10. The molecule has 0 saturated carbocycles. The van der Waals surface area contributed by atoms with Crippen LogP contribution in [0.25, 0.3) is 0 Å². The van der Waals surface area contributed by atoms with Crippen LogP contribution in [0.1, 0.15) is 48.3 Å². The summed E-state index contributed by atoms with van der Waals surface area (Å²) in [5.74, 6) is 0.997. The zero-order chi connectivity index (χ0) is 17.9. The highest BCUT2D eigenvalue weighted by Gasteiger charge is 2.15. The van der Waals surface area contributed by atoms with E-state index >= 15 is 0 Å². The van der Waals surface area contributed by atoms with Crippen LogP contribution in [0.15, 0.2) is 18.2 Å². The average Bonchev–Trinajstić information content (AvgIpc) is 2.74. The van der Waals surface area contributed by atoms with Crippen LogP contribution in [-0.4, -0.2) is 15.7 Å². The Morgan fingerprint density at radius 3 is 2.54 bits per heavy atom. The van der Waals surface area contributed by atoms with Crippen LogP contribution < -0.4 is 4.74 Å². The summed E-state index contributed by atoms with van der Waals surface area (Å²) >= 11 is 0. The van der Waals surface area contributed by atoms with Crippen molar-refractivity contribution in [2.75, 3.05) is 0 Å². The molecule has 0 atom stereocenters. The number of aryl methyl sites for hydroxylation is 3. The second-order valence-electron chi connectivity index (χ2n) is 6.97. The molecular formula is C20H28N2O2. The molecule has 0 unspecified atom stereocenters. The molecule has 0 saturated heterocycles. The fraction of sp³-hybridized carbons (Fsp3) is 0.500. The number of rotatable bonds is 6. The molecule has 0 bridgehead atoms. The average molecular weight is 328 g/mol. The van der Waals surface area contributed by atoms with Crippen molar-refractivity contribution in [3.63, 3.8) is 0 Å². The molecule has 4 nitrogen and oxygen atoms in total. The van der Waals surface area contributed by atoms with E-state index in [1.807, 2.05) is 43.7 Å². The molecule has 1 aromatic heterocycles. The monoisotopic (exact) mass is 328 g/mol. The summed E-state index contributed by atoms with van der Waals surface area (Å²) in [5, 5.41) is 4.60. The van der Waals surface area contributed by atoms with Gasteiger partial charge in [-0.1, -0.05) is 31.5 Å². The highest BCUT2D eigenvalue weighted by Crippen LogP contribution is 2.21. The number of carbonyl (C=O) groups excluding carboxylic acids is 1. The van der Waals surface area contributed by atoms with Gasteiger partial charge in [0, 0.05) is 12.2 Å². The van der Waals surface area contributed by atoms with E-state index in [1.165, 1.54) is 0 Å². The van der Waals surface area contributed by atoms with Gasteiger partial charge in [-0.2, -0.15) is 5.10 Å².